The van der Waals surface area contributed by atoms with Crippen LogP contribution >= 0.6 is 11.3 Å². The summed E-state index contributed by atoms with van der Waals surface area (Å²) in [5.41, 5.74) is 2.05. The van der Waals surface area contributed by atoms with Crippen LogP contribution in [0.3, 0.4) is 0 Å². The third kappa shape index (κ3) is 1.86. The second-order valence-corrected chi connectivity index (χ2v) is 7.03. The van der Waals surface area contributed by atoms with Gasteiger partial charge in [-0.25, -0.2) is 0 Å². The molecule has 1 aliphatic rings. The van der Waals surface area contributed by atoms with Crippen molar-refractivity contribution >= 4 is 44.2 Å². The van der Waals surface area contributed by atoms with Gasteiger partial charge in [0.1, 0.15) is 0 Å². The molecule has 0 aliphatic carbocycles. The van der Waals surface area contributed by atoms with Crippen LogP contribution in [0.15, 0.2) is 0 Å². The van der Waals surface area contributed by atoms with Gasteiger partial charge in [0, 0.05) is 0 Å². The molecule has 0 fully saturated rings. The molecule has 2 heterocycles. The molecule has 0 bridgehead atoms. The van der Waals surface area contributed by atoms with Crippen molar-refractivity contribution in [3.8, 4) is 0 Å². The fourth-order valence-corrected chi connectivity index (χ4v) is 6.60. The average molecular weight is 354 g/mol. The van der Waals surface area contributed by atoms with Gasteiger partial charge in [-0.2, -0.15) is 0 Å². The van der Waals surface area contributed by atoms with Gasteiger partial charge in [0.05, 0.1) is 0 Å². The van der Waals surface area contributed by atoms with E-state index in [0.717, 1.165) is 20.1 Å². The number of methoxy groups -OCH3 is 2. The zero-order valence-electron chi connectivity index (χ0n) is 8.86. The van der Waals surface area contributed by atoms with Crippen molar-refractivity contribution in [3.05, 3.63) is 20.9 Å². The summed E-state index contributed by atoms with van der Waals surface area (Å²) < 4.78 is 11.4. The number of hydrogen-bond donors (Lipinski definition) is 0. The Labute approximate surface area is 107 Å². The van der Waals surface area contributed by atoms with Crippen LogP contribution in [-0.2, 0) is 18.4 Å². The molecule has 0 spiro atoms. The molecule has 0 saturated heterocycles. The van der Waals surface area contributed by atoms with E-state index in [-0.39, 0.29) is 32.9 Å². The maximum atomic E-state index is 11.5. The number of thiophene rings is 1. The van der Waals surface area contributed by atoms with Crippen LogP contribution in [-0.4, -0.2) is 47.1 Å². The standard InChI is InChI=1S/C10H10O4STe/c1-13-9(11)7-5-3-16-4-6(5)8(15-7)10(12)14-2/h3-4H2,1-2H3. The normalized spacial score (nSPS) is 13.4. The van der Waals surface area contributed by atoms with Crippen molar-refractivity contribution in [2.24, 2.45) is 0 Å². The van der Waals surface area contributed by atoms with E-state index in [2.05, 4.69) is 0 Å². The van der Waals surface area contributed by atoms with E-state index in [9.17, 15) is 9.59 Å². The second-order valence-electron chi connectivity index (χ2n) is 3.19. The molecule has 0 saturated carbocycles. The predicted molar refractivity (Wildman–Crippen MR) is 60.2 cm³/mol. The molecule has 4 nitrogen and oxygen atoms in total. The Kier molecular flexibility index (Phi) is 3.53. The van der Waals surface area contributed by atoms with Crippen molar-refractivity contribution < 1.29 is 19.1 Å². The summed E-state index contributed by atoms with van der Waals surface area (Å²) in [6.45, 7) is 0. The van der Waals surface area contributed by atoms with Gasteiger partial charge in [0.2, 0.25) is 0 Å². The summed E-state index contributed by atoms with van der Waals surface area (Å²) in [6.07, 6.45) is 0. The van der Waals surface area contributed by atoms with Crippen LogP contribution < -0.4 is 0 Å². The molecule has 0 amide bonds. The Hall–Kier alpha value is -0.570. The van der Waals surface area contributed by atoms with Gasteiger partial charge < -0.3 is 0 Å². The van der Waals surface area contributed by atoms with E-state index < -0.39 is 0 Å². The van der Waals surface area contributed by atoms with Crippen LogP contribution in [0.2, 0.25) is 0 Å². The molecule has 0 N–H and O–H groups in total. The number of carbonyl (C=O) groups excluding carboxylic acids is 2. The number of ether oxygens (including phenoxy) is 2. The fourth-order valence-electron chi connectivity index (χ4n) is 1.57. The van der Waals surface area contributed by atoms with Gasteiger partial charge in [-0.05, 0) is 0 Å². The summed E-state index contributed by atoms with van der Waals surface area (Å²) in [5, 5.41) is 0. The van der Waals surface area contributed by atoms with Crippen molar-refractivity contribution in [2.45, 2.75) is 8.94 Å². The van der Waals surface area contributed by atoms with Crippen LogP contribution in [0.1, 0.15) is 30.5 Å². The molecule has 0 unspecified atom stereocenters. The molecule has 1 aromatic heterocycles. The van der Waals surface area contributed by atoms with E-state index in [1.165, 1.54) is 25.6 Å². The number of fused-ring (bicyclic) bond motifs is 1. The van der Waals surface area contributed by atoms with Crippen molar-refractivity contribution in [3.63, 3.8) is 0 Å². The molecule has 0 atom stereocenters. The Balaban J connectivity index is 2.49. The van der Waals surface area contributed by atoms with Crippen molar-refractivity contribution in [1.82, 2.24) is 0 Å². The Morgan fingerprint density at radius 3 is 1.88 bits per heavy atom. The monoisotopic (exact) mass is 356 g/mol. The number of carbonyl (C=O) groups is 2. The van der Waals surface area contributed by atoms with Gasteiger partial charge in [0.25, 0.3) is 0 Å². The van der Waals surface area contributed by atoms with Gasteiger partial charge in [-0.3, -0.25) is 0 Å². The summed E-state index contributed by atoms with van der Waals surface area (Å²) in [6, 6.07) is 0. The van der Waals surface area contributed by atoms with Crippen LogP contribution in [0, 0.1) is 0 Å². The Bertz CT molecular complexity index is 413. The first-order chi connectivity index (χ1) is 7.69. The van der Waals surface area contributed by atoms with Crippen LogP contribution in [0.5, 0.6) is 0 Å². The molecule has 1 aromatic rings. The van der Waals surface area contributed by atoms with E-state index >= 15 is 0 Å². The minimum absolute atomic E-state index is 0.124. The van der Waals surface area contributed by atoms with E-state index in [0.29, 0.717) is 9.75 Å². The molecule has 86 valence electrons. The SMILES string of the molecule is COC(=O)c1sc(C(=O)OC)c2c1C[Te]C2. The molecule has 2 rings (SSSR count). The third-order valence-corrected chi connectivity index (χ3v) is 6.40. The van der Waals surface area contributed by atoms with E-state index in [1.54, 1.807) is 0 Å². The Morgan fingerprint density at radius 2 is 1.50 bits per heavy atom. The Morgan fingerprint density at radius 1 is 1.06 bits per heavy atom. The van der Waals surface area contributed by atoms with Gasteiger partial charge in [-0.15, -0.1) is 0 Å². The molecule has 1 aliphatic heterocycles. The summed E-state index contributed by atoms with van der Waals surface area (Å²) >= 11 is 1.08. The van der Waals surface area contributed by atoms with Crippen LogP contribution in [0.25, 0.3) is 0 Å². The molecule has 0 radical (unpaired) electrons. The van der Waals surface area contributed by atoms with Crippen LogP contribution in [0.4, 0.5) is 0 Å². The van der Waals surface area contributed by atoms with E-state index in [4.69, 9.17) is 9.47 Å². The van der Waals surface area contributed by atoms with Gasteiger partial charge in [-0.1, -0.05) is 0 Å². The van der Waals surface area contributed by atoms with Crippen molar-refractivity contribution in [2.75, 3.05) is 14.2 Å². The molecule has 0 aromatic carbocycles. The topological polar surface area (TPSA) is 52.6 Å². The van der Waals surface area contributed by atoms with E-state index in [1.807, 2.05) is 0 Å². The second kappa shape index (κ2) is 4.74. The van der Waals surface area contributed by atoms with Crippen molar-refractivity contribution in [1.29, 1.82) is 0 Å². The first kappa shape index (κ1) is 11.9. The molecular weight excluding hydrogens is 344 g/mol. The zero-order valence-corrected chi connectivity index (χ0v) is 12.0. The maximum absolute atomic E-state index is 11.5. The summed E-state index contributed by atoms with van der Waals surface area (Å²) in [7, 11) is 2.72. The first-order valence-electron chi connectivity index (χ1n) is 4.58. The van der Waals surface area contributed by atoms with Gasteiger partial charge in [0.15, 0.2) is 0 Å². The minimum atomic E-state index is -0.342. The fraction of sp³-hybridized carbons (Fsp3) is 0.400. The zero-order chi connectivity index (χ0) is 11.7. The molecule has 16 heavy (non-hydrogen) atoms. The quantitative estimate of drug-likeness (QED) is 0.589. The molecule has 6 heteroatoms. The predicted octanol–water partition coefficient (Wildman–Crippen LogP) is 1.04. The first-order valence-corrected chi connectivity index (χ1v) is 8.69. The number of esters is 2. The number of rotatable bonds is 2. The van der Waals surface area contributed by atoms with Gasteiger partial charge >= 0.3 is 107 Å². The summed E-state index contributed by atoms with van der Waals surface area (Å²) in [5.74, 6) is -0.684. The third-order valence-electron chi connectivity index (χ3n) is 2.35. The average Bonchev–Trinajstić information content (AvgIpc) is 2.87. The molecular formula is C10H10O4STe. The number of hydrogen-bond acceptors (Lipinski definition) is 5. The summed E-state index contributed by atoms with van der Waals surface area (Å²) in [4.78, 5) is 24.3.